The molecule has 1 unspecified atom stereocenters. The summed E-state index contributed by atoms with van der Waals surface area (Å²) in [7, 11) is 1.72. The maximum Gasteiger partial charge on any atom is 0.190 e. The van der Waals surface area contributed by atoms with Gasteiger partial charge in [-0.25, -0.2) is 4.99 Å². The van der Waals surface area contributed by atoms with Gasteiger partial charge in [-0.05, 0) is 49.9 Å². The summed E-state index contributed by atoms with van der Waals surface area (Å²) in [5.74, 6) is 0.875. The monoisotopic (exact) mass is 394 g/mol. The molecule has 4 rings (SSSR count). The van der Waals surface area contributed by atoms with Crippen LogP contribution in [0.1, 0.15) is 24.0 Å². The summed E-state index contributed by atoms with van der Waals surface area (Å²) in [6.07, 6.45) is 2.46. The van der Waals surface area contributed by atoms with E-state index in [1.54, 1.807) is 18.4 Å². The molecule has 1 aliphatic heterocycles. The quantitative estimate of drug-likeness (QED) is 0.592. The van der Waals surface area contributed by atoms with Crippen molar-refractivity contribution in [1.29, 1.82) is 0 Å². The zero-order valence-electron chi connectivity index (χ0n) is 16.6. The number of methoxy groups -OCH3 is 1. The molecule has 2 aromatic carbocycles. The zero-order valence-corrected chi connectivity index (χ0v) is 17.5. The summed E-state index contributed by atoms with van der Waals surface area (Å²) < 4.78 is 13.9. The summed E-state index contributed by atoms with van der Waals surface area (Å²) in [6.45, 7) is 5.89. The highest BCUT2D eigenvalue weighted by atomic mass is 32.1. The van der Waals surface area contributed by atoms with Gasteiger partial charge in [0.15, 0.2) is 4.80 Å². The fourth-order valence-corrected chi connectivity index (χ4v) is 4.65. The summed E-state index contributed by atoms with van der Waals surface area (Å²) in [4.78, 5) is 6.06. The van der Waals surface area contributed by atoms with E-state index in [4.69, 9.17) is 14.5 Å². The first-order valence-corrected chi connectivity index (χ1v) is 10.6. The Kier molecular flexibility index (Phi) is 5.64. The van der Waals surface area contributed by atoms with Gasteiger partial charge in [-0.2, -0.15) is 0 Å². The van der Waals surface area contributed by atoms with Crippen molar-refractivity contribution in [2.75, 3.05) is 13.7 Å². The van der Waals surface area contributed by atoms with E-state index in [0.717, 1.165) is 53.5 Å². The average Bonchev–Trinajstić information content (AvgIpc) is 3.35. The van der Waals surface area contributed by atoms with Gasteiger partial charge in [0.1, 0.15) is 5.75 Å². The van der Waals surface area contributed by atoms with E-state index in [-0.39, 0.29) is 6.10 Å². The Balaban J connectivity index is 1.87. The predicted molar refractivity (Wildman–Crippen MR) is 114 cm³/mol. The van der Waals surface area contributed by atoms with Crippen LogP contribution in [0, 0.1) is 13.8 Å². The van der Waals surface area contributed by atoms with E-state index in [9.17, 15) is 0 Å². The van der Waals surface area contributed by atoms with Gasteiger partial charge in [-0.3, -0.25) is 0 Å². The van der Waals surface area contributed by atoms with Gasteiger partial charge in [0.25, 0.3) is 0 Å². The molecular formula is C23H26N2O2S. The molecule has 1 atom stereocenters. The Labute approximate surface area is 170 Å². The molecule has 0 amide bonds. The Hall–Kier alpha value is -2.37. The number of benzene rings is 2. The Morgan fingerprint density at radius 3 is 2.64 bits per heavy atom. The van der Waals surface area contributed by atoms with Gasteiger partial charge in [0.2, 0.25) is 0 Å². The van der Waals surface area contributed by atoms with Crippen molar-refractivity contribution in [1.82, 2.24) is 4.57 Å². The molecule has 0 bridgehead atoms. The number of nitrogens with zero attached hydrogens (tertiary/aromatic N) is 2. The fraction of sp³-hybridized carbons (Fsp3) is 0.348. The van der Waals surface area contributed by atoms with Crippen LogP contribution in [0.25, 0.3) is 11.3 Å². The normalized spacial score (nSPS) is 17.2. The zero-order chi connectivity index (χ0) is 19.5. The Bertz CT molecular complexity index is 1010. The third-order valence-corrected chi connectivity index (χ3v) is 6.10. The maximum absolute atomic E-state index is 5.94. The lowest BCUT2D eigenvalue weighted by Crippen LogP contribution is -2.24. The van der Waals surface area contributed by atoms with Crippen LogP contribution in [0.5, 0.6) is 5.75 Å². The van der Waals surface area contributed by atoms with E-state index < -0.39 is 0 Å². The van der Waals surface area contributed by atoms with Crippen LogP contribution in [0.2, 0.25) is 0 Å². The van der Waals surface area contributed by atoms with Crippen LogP contribution >= 0.6 is 11.3 Å². The topological polar surface area (TPSA) is 35.8 Å². The van der Waals surface area contributed by atoms with Crippen molar-refractivity contribution >= 4 is 17.0 Å². The van der Waals surface area contributed by atoms with Crippen molar-refractivity contribution in [2.45, 2.75) is 39.3 Å². The second kappa shape index (κ2) is 8.33. The van der Waals surface area contributed by atoms with Crippen molar-refractivity contribution in [3.05, 3.63) is 63.8 Å². The number of rotatable bonds is 5. The molecule has 3 aromatic rings. The number of aryl methyl sites for hydroxylation is 2. The molecule has 5 heteroatoms. The highest BCUT2D eigenvalue weighted by Crippen LogP contribution is 2.31. The molecule has 1 saturated heterocycles. The van der Waals surface area contributed by atoms with E-state index in [0.29, 0.717) is 0 Å². The standard InChI is InChI=1S/C23H26N2O2S/c1-16-8-6-9-17(2)22(16)24-23-25(14-18-10-7-13-27-18)20(15-28-23)19-11-4-5-12-21(19)26-3/h4-6,8-9,11-12,15,18H,7,10,13-14H2,1-3H3. The van der Waals surface area contributed by atoms with Crippen LogP contribution < -0.4 is 9.54 Å². The highest BCUT2D eigenvalue weighted by molar-refractivity contribution is 7.07. The van der Waals surface area contributed by atoms with E-state index in [2.05, 4.69) is 48.1 Å². The number of hydrogen-bond donors (Lipinski definition) is 0. The molecule has 28 heavy (non-hydrogen) atoms. The third-order valence-electron chi connectivity index (χ3n) is 5.24. The molecule has 4 nitrogen and oxygen atoms in total. The van der Waals surface area contributed by atoms with Gasteiger partial charge < -0.3 is 14.0 Å². The smallest absolute Gasteiger partial charge is 0.190 e. The highest BCUT2D eigenvalue weighted by Gasteiger charge is 2.20. The molecule has 1 aliphatic rings. The minimum absolute atomic E-state index is 0.236. The maximum atomic E-state index is 5.94. The molecule has 1 fully saturated rings. The van der Waals surface area contributed by atoms with Gasteiger partial charge in [0.05, 0.1) is 31.1 Å². The second-order valence-corrected chi connectivity index (χ2v) is 8.04. The molecule has 2 heterocycles. The number of ether oxygens (including phenoxy) is 2. The van der Waals surface area contributed by atoms with Crippen molar-refractivity contribution in [3.8, 4) is 17.0 Å². The molecule has 1 aromatic heterocycles. The molecule has 0 N–H and O–H groups in total. The lowest BCUT2D eigenvalue weighted by atomic mass is 10.1. The first-order chi connectivity index (χ1) is 13.7. The molecule has 146 valence electrons. The number of para-hydroxylation sites is 2. The number of hydrogen-bond acceptors (Lipinski definition) is 4. The fourth-order valence-electron chi connectivity index (χ4n) is 3.74. The Morgan fingerprint density at radius 2 is 1.93 bits per heavy atom. The second-order valence-electron chi connectivity index (χ2n) is 7.20. The summed E-state index contributed by atoms with van der Waals surface area (Å²) in [6, 6.07) is 14.5. The van der Waals surface area contributed by atoms with Crippen LogP contribution in [-0.2, 0) is 11.3 Å². The molecule has 0 spiro atoms. The minimum Gasteiger partial charge on any atom is -0.496 e. The lowest BCUT2D eigenvalue weighted by Gasteiger charge is -2.15. The van der Waals surface area contributed by atoms with Crippen molar-refractivity contribution < 1.29 is 9.47 Å². The Morgan fingerprint density at radius 1 is 1.14 bits per heavy atom. The minimum atomic E-state index is 0.236. The first-order valence-electron chi connectivity index (χ1n) is 9.71. The van der Waals surface area contributed by atoms with Crippen LogP contribution in [0.3, 0.4) is 0 Å². The van der Waals surface area contributed by atoms with Crippen LogP contribution in [0.15, 0.2) is 52.8 Å². The van der Waals surface area contributed by atoms with E-state index in [1.807, 2.05) is 18.2 Å². The van der Waals surface area contributed by atoms with Gasteiger partial charge in [-0.1, -0.05) is 30.3 Å². The molecular weight excluding hydrogens is 368 g/mol. The van der Waals surface area contributed by atoms with Gasteiger partial charge >= 0.3 is 0 Å². The SMILES string of the molecule is COc1ccccc1-c1csc(=Nc2c(C)cccc2C)n1CC1CCCO1. The van der Waals surface area contributed by atoms with Gasteiger partial charge in [-0.15, -0.1) is 11.3 Å². The number of aromatic nitrogens is 1. The van der Waals surface area contributed by atoms with E-state index >= 15 is 0 Å². The van der Waals surface area contributed by atoms with Crippen molar-refractivity contribution in [3.63, 3.8) is 0 Å². The number of thiazole rings is 1. The average molecular weight is 395 g/mol. The van der Waals surface area contributed by atoms with Gasteiger partial charge in [0, 0.05) is 17.6 Å². The predicted octanol–water partition coefficient (Wildman–Crippen LogP) is 5.25. The van der Waals surface area contributed by atoms with E-state index in [1.165, 1.54) is 11.1 Å². The largest absolute Gasteiger partial charge is 0.496 e. The summed E-state index contributed by atoms with van der Waals surface area (Å²) in [5.41, 5.74) is 5.65. The van der Waals surface area contributed by atoms with Crippen LogP contribution in [-0.4, -0.2) is 24.4 Å². The van der Waals surface area contributed by atoms with Crippen molar-refractivity contribution in [2.24, 2.45) is 4.99 Å². The molecule has 0 radical (unpaired) electrons. The molecule has 0 saturated carbocycles. The first kappa shape index (κ1) is 19.0. The summed E-state index contributed by atoms with van der Waals surface area (Å²) in [5, 5.41) is 2.18. The molecule has 0 aliphatic carbocycles. The third kappa shape index (κ3) is 3.77. The lowest BCUT2D eigenvalue weighted by molar-refractivity contribution is 0.0968. The van der Waals surface area contributed by atoms with Crippen LogP contribution in [0.4, 0.5) is 5.69 Å². The summed E-state index contributed by atoms with van der Waals surface area (Å²) >= 11 is 1.67.